The second-order valence-electron chi connectivity index (χ2n) is 6.47. The SMILES string of the molecule is COc1ccc(CNC(=O)[C@@H](C)OC(=O)c2cc([N+](=O)[O-])ccc2N(C)C)cc1. The number of amides is 1. The van der Waals surface area contributed by atoms with Gasteiger partial charge in [0.1, 0.15) is 5.75 Å². The fourth-order valence-electron chi connectivity index (χ4n) is 2.54. The summed E-state index contributed by atoms with van der Waals surface area (Å²) in [7, 11) is 4.96. The highest BCUT2D eigenvalue weighted by atomic mass is 16.6. The largest absolute Gasteiger partial charge is 0.497 e. The molecular weight excluding hydrogens is 378 g/mol. The number of anilines is 1. The number of nitro benzene ring substituents is 1. The number of ether oxygens (including phenoxy) is 2. The van der Waals surface area contributed by atoms with E-state index in [1.54, 1.807) is 38.2 Å². The standard InChI is InChI=1S/C20H23N3O6/c1-13(19(24)21-12-14-5-8-16(28-4)9-6-14)29-20(25)17-11-15(23(26)27)7-10-18(17)22(2)3/h5-11,13H,12H2,1-4H3,(H,21,24)/t13-/m1/s1. The van der Waals surface area contributed by atoms with Crippen LogP contribution in [0.4, 0.5) is 11.4 Å². The van der Waals surface area contributed by atoms with Crippen molar-refractivity contribution in [2.24, 2.45) is 0 Å². The van der Waals surface area contributed by atoms with E-state index in [1.165, 1.54) is 19.1 Å². The fraction of sp³-hybridized carbons (Fsp3) is 0.300. The van der Waals surface area contributed by atoms with Crippen molar-refractivity contribution in [3.63, 3.8) is 0 Å². The average Bonchev–Trinajstić information content (AvgIpc) is 2.71. The quantitative estimate of drug-likeness (QED) is 0.411. The minimum atomic E-state index is -1.07. The lowest BCUT2D eigenvalue weighted by atomic mass is 10.1. The van der Waals surface area contributed by atoms with Crippen LogP contribution in [-0.4, -0.2) is 44.1 Å². The molecule has 0 aliphatic rings. The zero-order valence-electron chi connectivity index (χ0n) is 16.7. The Morgan fingerprint density at radius 3 is 2.38 bits per heavy atom. The summed E-state index contributed by atoms with van der Waals surface area (Å²) in [5, 5.41) is 13.7. The lowest BCUT2D eigenvalue weighted by molar-refractivity contribution is -0.384. The zero-order valence-corrected chi connectivity index (χ0v) is 16.7. The van der Waals surface area contributed by atoms with Crippen molar-refractivity contribution < 1.29 is 24.0 Å². The van der Waals surface area contributed by atoms with Gasteiger partial charge >= 0.3 is 5.97 Å². The van der Waals surface area contributed by atoms with Crippen molar-refractivity contribution >= 4 is 23.3 Å². The Morgan fingerprint density at radius 1 is 1.17 bits per heavy atom. The average molecular weight is 401 g/mol. The lowest BCUT2D eigenvalue weighted by Gasteiger charge is -2.18. The van der Waals surface area contributed by atoms with Gasteiger partial charge in [-0.15, -0.1) is 0 Å². The molecule has 1 N–H and O–H groups in total. The molecule has 0 bridgehead atoms. The molecule has 2 aromatic carbocycles. The van der Waals surface area contributed by atoms with E-state index in [0.29, 0.717) is 11.4 Å². The van der Waals surface area contributed by atoms with Gasteiger partial charge in [0.2, 0.25) is 0 Å². The number of hydrogen-bond acceptors (Lipinski definition) is 7. The summed E-state index contributed by atoms with van der Waals surface area (Å²) in [5.41, 5.74) is 1.08. The van der Waals surface area contributed by atoms with Gasteiger partial charge in [-0.25, -0.2) is 4.79 Å². The van der Waals surface area contributed by atoms with Gasteiger partial charge in [0, 0.05) is 32.8 Å². The van der Waals surface area contributed by atoms with Crippen LogP contribution in [0.15, 0.2) is 42.5 Å². The molecule has 0 fully saturated rings. The van der Waals surface area contributed by atoms with Gasteiger partial charge in [0.05, 0.1) is 23.3 Å². The van der Waals surface area contributed by atoms with Crippen molar-refractivity contribution in [1.82, 2.24) is 5.32 Å². The van der Waals surface area contributed by atoms with Crippen LogP contribution in [0, 0.1) is 10.1 Å². The molecule has 0 saturated carbocycles. The number of methoxy groups -OCH3 is 1. The number of rotatable bonds is 8. The fourth-order valence-corrected chi connectivity index (χ4v) is 2.54. The van der Waals surface area contributed by atoms with E-state index in [0.717, 1.165) is 11.6 Å². The second-order valence-corrected chi connectivity index (χ2v) is 6.47. The van der Waals surface area contributed by atoms with Crippen molar-refractivity contribution in [1.29, 1.82) is 0 Å². The third kappa shape index (κ3) is 5.68. The number of nitrogens with zero attached hydrogens (tertiary/aromatic N) is 2. The Kier molecular flexibility index (Phi) is 7.13. The molecule has 0 aliphatic carbocycles. The number of non-ortho nitro benzene ring substituents is 1. The zero-order chi connectivity index (χ0) is 21.6. The molecule has 0 saturated heterocycles. The molecule has 0 heterocycles. The number of esters is 1. The molecule has 0 aromatic heterocycles. The molecule has 9 heteroatoms. The third-order valence-corrected chi connectivity index (χ3v) is 4.17. The molecule has 1 amide bonds. The lowest BCUT2D eigenvalue weighted by Crippen LogP contribution is -2.35. The van der Waals surface area contributed by atoms with Crippen LogP contribution in [0.25, 0.3) is 0 Å². The first kappa shape index (κ1) is 21.7. The molecular formula is C20H23N3O6. The number of carbonyl (C=O) groups excluding carboxylic acids is 2. The highest BCUT2D eigenvalue weighted by Gasteiger charge is 2.23. The topological polar surface area (TPSA) is 111 Å². The van der Waals surface area contributed by atoms with Gasteiger partial charge in [-0.05, 0) is 30.7 Å². The van der Waals surface area contributed by atoms with Crippen LogP contribution in [0.5, 0.6) is 5.75 Å². The van der Waals surface area contributed by atoms with Crippen LogP contribution >= 0.6 is 0 Å². The maximum atomic E-state index is 12.5. The molecule has 0 radical (unpaired) electrons. The molecule has 2 aromatic rings. The number of benzene rings is 2. The van der Waals surface area contributed by atoms with Crippen molar-refractivity contribution in [3.8, 4) is 5.75 Å². The smallest absolute Gasteiger partial charge is 0.341 e. The maximum Gasteiger partial charge on any atom is 0.341 e. The van der Waals surface area contributed by atoms with E-state index in [4.69, 9.17) is 9.47 Å². The summed E-state index contributed by atoms with van der Waals surface area (Å²) >= 11 is 0. The molecule has 9 nitrogen and oxygen atoms in total. The molecule has 0 aliphatic heterocycles. The minimum Gasteiger partial charge on any atom is -0.497 e. The summed E-state index contributed by atoms with van der Waals surface area (Å²) in [4.78, 5) is 36.9. The Morgan fingerprint density at radius 2 is 1.83 bits per heavy atom. The second kappa shape index (κ2) is 9.54. The number of nitrogens with one attached hydrogen (secondary N) is 1. The van der Waals surface area contributed by atoms with Gasteiger partial charge in [-0.3, -0.25) is 14.9 Å². The number of hydrogen-bond donors (Lipinski definition) is 1. The van der Waals surface area contributed by atoms with Gasteiger partial charge in [-0.2, -0.15) is 0 Å². The van der Waals surface area contributed by atoms with Crippen molar-refractivity contribution in [2.45, 2.75) is 19.6 Å². The van der Waals surface area contributed by atoms with E-state index in [1.807, 2.05) is 12.1 Å². The van der Waals surface area contributed by atoms with Gasteiger partial charge in [-0.1, -0.05) is 12.1 Å². The summed E-state index contributed by atoms with van der Waals surface area (Å²) in [6.07, 6.45) is -1.07. The van der Waals surface area contributed by atoms with Crippen LogP contribution in [-0.2, 0) is 16.1 Å². The Labute approximate surface area is 168 Å². The highest BCUT2D eigenvalue weighted by Crippen LogP contribution is 2.25. The van der Waals surface area contributed by atoms with Crippen molar-refractivity contribution in [2.75, 3.05) is 26.1 Å². The van der Waals surface area contributed by atoms with Gasteiger partial charge in [0.15, 0.2) is 6.10 Å². The van der Waals surface area contributed by atoms with E-state index >= 15 is 0 Å². The Hall–Kier alpha value is -3.62. The first-order chi connectivity index (χ1) is 13.7. The summed E-state index contributed by atoms with van der Waals surface area (Å²) < 4.78 is 10.3. The van der Waals surface area contributed by atoms with Crippen LogP contribution in [0.3, 0.4) is 0 Å². The highest BCUT2D eigenvalue weighted by molar-refractivity contribution is 5.98. The molecule has 0 spiro atoms. The van der Waals surface area contributed by atoms with E-state index < -0.39 is 22.9 Å². The Balaban J connectivity index is 2.04. The van der Waals surface area contributed by atoms with E-state index in [2.05, 4.69) is 5.32 Å². The Bertz CT molecular complexity index is 896. The van der Waals surface area contributed by atoms with Crippen LogP contribution < -0.4 is 15.0 Å². The van der Waals surface area contributed by atoms with E-state index in [9.17, 15) is 19.7 Å². The predicted octanol–water partition coefficient (Wildman–Crippen LogP) is 2.53. The summed E-state index contributed by atoms with van der Waals surface area (Å²) in [5.74, 6) is -0.591. The van der Waals surface area contributed by atoms with Crippen LogP contribution in [0.2, 0.25) is 0 Å². The minimum absolute atomic E-state index is 0.0130. The molecule has 1 atom stereocenters. The summed E-state index contributed by atoms with van der Waals surface area (Å²) in [6, 6.07) is 11.1. The van der Waals surface area contributed by atoms with E-state index in [-0.39, 0.29) is 17.8 Å². The third-order valence-electron chi connectivity index (χ3n) is 4.17. The molecule has 154 valence electrons. The van der Waals surface area contributed by atoms with Gasteiger partial charge < -0.3 is 19.7 Å². The monoisotopic (exact) mass is 401 g/mol. The summed E-state index contributed by atoms with van der Waals surface area (Å²) in [6.45, 7) is 1.69. The maximum absolute atomic E-state index is 12.5. The molecule has 2 rings (SSSR count). The number of carbonyl (C=O) groups is 2. The van der Waals surface area contributed by atoms with Crippen molar-refractivity contribution in [3.05, 3.63) is 63.7 Å². The molecule has 0 unspecified atom stereocenters. The predicted molar refractivity (Wildman–Crippen MR) is 107 cm³/mol. The number of nitro groups is 1. The molecule has 29 heavy (non-hydrogen) atoms. The van der Waals surface area contributed by atoms with Gasteiger partial charge in [0.25, 0.3) is 11.6 Å². The normalized spacial score (nSPS) is 11.3. The first-order valence-electron chi connectivity index (χ1n) is 8.80. The first-order valence-corrected chi connectivity index (χ1v) is 8.80. The van der Waals surface area contributed by atoms with Crippen LogP contribution in [0.1, 0.15) is 22.8 Å².